The lowest BCUT2D eigenvalue weighted by Gasteiger charge is -2.53. The fraction of sp³-hybridized carbons (Fsp3) is 0.600. The molecular weight excluding hydrogens is 479 g/mol. The summed E-state index contributed by atoms with van der Waals surface area (Å²) in [4.78, 5) is 11.2. The third-order valence-electron chi connectivity index (χ3n) is 7.21. The van der Waals surface area contributed by atoms with Gasteiger partial charge in [-0.15, -0.1) is 0 Å². The number of nitriles is 1. The molecule has 0 bridgehead atoms. The van der Waals surface area contributed by atoms with Gasteiger partial charge in [-0.25, -0.2) is 24.4 Å². The molecule has 9 nitrogen and oxygen atoms in total. The van der Waals surface area contributed by atoms with E-state index in [1.807, 2.05) is 27.7 Å². The van der Waals surface area contributed by atoms with Gasteiger partial charge < -0.3 is 14.6 Å². The number of fused-ring (bicyclic) bond motifs is 1. The summed E-state index contributed by atoms with van der Waals surface area (Å²) in [6.45, 7) is 3.63. The van der Waals surface area contributed by atoms with Gasteiger partial charge in [-0.1, -0.05) is 0 Å². The van der Waals surface area contributed by atoms with Gasteiger partial charge in [-0.3, -0.25) is 9.58 Å². The highest BCUT2D eigenvalue weighted by Gasteiger charge is 2.49. The molecule has 0 saturated carbocycles. The second-order valence-electron chi connectivity index (χ2n) is 10.8. The molecule has 0 spiro atoms. The summed E-state index contributed by atoms with van der Waals surface area (Å²) in [6, 6.07) is 4.24. The largest absolute Gasteiger partial charge is 0.360 e. The molecule has 0 unspecified atom stereocenters. The van der Waals surface area contributed by atoms with Gasteiger partial charge in [0.15, 0.2) is 0 Å². The van der Waals surface area contributed by atoms with Crippen molar-refractivity contribution in [3.8, 4) is 17.3 Å². The highest BCUT2D eigenvalue weighted by atomic mass is 32.3. The Morgan fingerprint density at radius 2 is 2.14 bits per heavy atom. The molecule has 11 heteroatoms. The number of piperidine rings is 1. The molecule has 5 heterocycles. The van der Waals surface area contributed by atoms with Crippen LogP contribution >= 0.6 is 10.0 Å². The fourth-order valence-corrected chi connectivity index (χ4v) is 5.78. The van der Waals surface area contributed by atoms with Crippen LogP contribution in [0.3, 0.4) is 0 Å². The second-order valence-corrected chi connectivity index (χ2v) is 15.4. The van der Waals surface area contributed by atoms with Gasteiger partial charge in [0.2, 0.25) is 0 Å². The molecule has 0 aliphatic carbocycles. The summed E-state index contributed by atoms with van der Waals surface area (Å²) in [5.41, 5.74) is 2.05. The Kier molecular flexibility index (Phi) is 7.05. The van der Waals surface area contributed by atoms with Gasteiger partial charge in [0.25, 0.3) is 0 Å². The van der Waals surface area contributed by atoms with E-state index in [0.29, 0.717) is 32.8 Å². The summed E-state index contributed by atoms with van der Waals surface area (Å²) in [5.74, 6) is 1.07. The zero-order chi connectivity index (χ0) is 25.3. The van der Waals surface area contributed by atoms with E-state index < -0.39 is 21.7 Å². The van der Waals surface area contributed by atoms with E-state index in [1.165, 1.54) is 0 Å². The minimum Gasteiger partial charge on any atom is -0.360 e. The molecule has 5 rings (SSSR count). The lowest BCUT2D eigenvalue weighted by Crippen LogP contribution is -2.68. The van der Waals surface area contributed by atoms with E-state index in [4.69, 9.17) is 4.74 Å². The standard InChI is InChI=1S/C25H35FN8OS/c1-36(2,3)11-10-35-18-32-9-5-20-23(29-17-30-24(20)32)19-12-31-34(14-19)25(6-7-27)15-33(16-25)22-4-8-28-13-21(22)26/h5,9,12,14,17,21-22,28H,4,6,8,10-11,13,15-16,18H2,1-3H3/t21-,22+/m0/s1. The molecule has 0 aromatic carbocycles. The average Bonchev–Trinajstić information content (AvgIpc) is 3.47. The maximum absolute atomic E-state index is 14.5. The Hall–Kier alpha value is -2.52. The van der Waals surface area contributed by atoms with Gasteiger partial charge in [0.05, 0.1) is 31.0 Å². The minimum atomic E-state index is -0.885. The van der Waals surface area contributed by atoms with Gasteiger partial charge in [-0.05, 0) is 37.8 Å². The van der Waals surface area contributed by atoms with E-state index in [1.54, 1.807) is 12.5 Å². The van der Waals surface area contributed by atoms with Gasteiger partial charge in [0, 0.05) is 54.8 Å². The zero-order valence-electron chi connectivity index (χ0n) is 21.2. The van der Waals surface area contributed by atoms with E-state index >= 15 is 0 Å². The summed E-state index contributed by atoms with van der Waals surface area (Å²) in [5, 5.41) is 18.2. The monoisotopic (exact) mass is 514 g/mol. The van der Waals surface area contributed by atoms with Crippen LogP contribution in [0.2, 0.25) is 0 Å². The van der Waals surface area contributed by atoms with Crippen molar-refractivity contribution in [1.29, 1.82) is 5.26 Å². The van der Waals surface area contributed by atoms with Gasteiger partial charge >= 0.3 is 0 Å². The van der Waals surface area contributed by atoms with Crippen molar-refractivity contribution in [2.45, 2.75) is 37.3 Å². The number of likely N-dealkylation sites (tertiary alicyclic amines) is 1. The zero-order valence-corrected chi connectivity index (χ0v) is 22.0. The number of alkyl halides is 1. The molecule has 36 heavy (non-hydrogen) atoms. The lowest BCUT2D eigenvalue weighted by atomic mass is 9.83. The van der Waals surface area contributed by atoms with E-state index in [9.17, 15) is 9.65 Å². The molecule has 2 fully saturated rings. The summed E-state index contributed by atoms with van der Waals surface area (Å²) in [6.07, 6.45) is 14.4. The fourth-order valence-electron chi connectivity index (χ4n) is 5.16. The Labute approximate surface area is 213 Å². The summed E-state index contributed by atoms with van der Waals surface area (Å²) in [7, 11) is -0.588. The average molecular weight is 515 g/mol. The van der Waals surface area contributed by atoms with Crippen LogP contribution in [0.1, 0.15) is 12.8 Å². The van der Waals surface area contributed by atoms with Crippen LogP contribution in [0.4, 0.5) is 4.39 Å². The third kappa shape index (κ3) is 5.00. The van der Waals surface area contributed by atoms with Crippen LogP contribution in [0, 0.1) is 11.3 Å². The first-order valence-corrected chi connectivity index (χ1v) is 15.4. The highest BCUT2D eigenvalue weighted by Crippen LogP contribution is 2.37. The maximum Gasteiger partial charge on any atom is 0.145 e. The van der Waals surface area contributed by atoms with Crippen LogP contribution in [-0.2, 0) is 17.0 Å². The molecule has 3 aromatic heterocycles. The van der Waals surface area contributed by atoms with Crippen molar-refractivity contribution >= 4 is 21.1 Å². The molecule has 1 N–H and O–H groups in total. The quantitative estimate of drug-likeness (QED) is 0.439. The molecule has 2 saturated heterocycles. The first-order chi connectivity index (χ1) is 17.3. The number of aromatic nitrogens is 5. The molecule has 0 radical (unpaired) electrons. The van der Waals surface area contributed by atoms with Crippen molar-refractivity contribution in [2.75, 3.05) is 57.3 Å². The summed E-state index contributed by atoms with van der Waals surface area (Å²) >= 11 is 0. The topological polar surface area (TPSA) is 96.8 Å². The second kappa shape index (κ2) is 10.1. The number of nitrogens with zero attached hydrogens (tertiary/aromatic N) is 7. The Bertz CT molecular complexity index is 1240. The van der Waals surface area contributed by atoms with Crippen LogP contribution in [-0.4, -0.2) is 98.7 Å². The SMILES string of the molecule is CS(C)(C)CCOCn1ccc2c(-c3cnn(C4(CC#N)CN([C@@H]5CCNC[C@@H]5F)C4)c3)ncnc21. The minimum absolute atomic E-state index is 0.0959. The first-order valence-electron chi connectivity index (χ1n) is 12.3. The third-order valence-corrected chi connectivity index (χ3v) is 8.61. The lowest BCUT2D eigenvalue weighted by molar-refractivity contribution is -0.0560. The van der Waals surface area contributed by atoms with E-state index in [-0.39, 0.29) is 6.04 Å². The number of ether oxygens (including phenoxy) is 1. The van der Waals surface area contributed by atoms with Crippen molar-refractivity contribution < 1.29 is 9.13 Å². The normalized spacial score (nSPS) is 22.9. The molecule has 2 aliphatic rings. The Morgan fingerprint density at radius 1 is 1.31 bits per heavy atom. The van der Waals surface area contributed by atoms with Crippen LogP contribution in [0.5, 0.6) is 0 Å². The number of halogens is 1. The van der Waals surface area contributed by atoms with Crippen molar-refractivity contribution in [3.05, 3.63) is 31.0 Å². The molecule has 2 atom stereocenters. The Balaban J connectivity index is 1.33. The van der Waals surface area contributed by atoms with Gasteiger partial charge in [0.1, 0.15) is 30.4 Å². The Morgan fingerprint density at radius 3 is 2.89 bits per heavy atom. The van der Waals surface area contributed by atoms with Crippen LogP contribution in [0.25, 0.3) is 22.3 Å². The molecule has 2 aliphatic heterocycles. The van der Waals surface area contributed by atoms with E-state index in [2.05, 4.69) is 50.1 Å². The van der Waals surface area contributed by atoms with Crippen molar-refractivity contribution in [2.24, 2.45) is 0 Å². The number of rotatable bonds is 9. The van der Waals surface area contributed by atoms with E-state index in [0.717, 1.165) is 47.6 Å². The maximum atomic E-state index is 14.5. The smallest absolute Gasteiger partial charge is 0.145 e. The first kappa shape index (κ1) is 25.1. The van der Waals surface area contributed by atoms with Crippen LogP contribution < -0.4 is 5.32 Å². The number of hydrogen-bond donors (Lipinski definition) is 1. The molecule has 194 valence electrons. The summed E-state index contributed by atoms with van der Waals surface area (Å²) < 4.78 is 24.3. The number of hydrogen-bond acceptors (Lipinski definition) is 7. The van der Waals surface area contributed by atoms with Crippen molar-refractivity contribution in [3.63, 3.8) is 0 Å². The molecule has 3 aromatic rings. The van der Waals surface area contributed by atoms with Crippen molar-refractivity contribution in [1.82, 2.24) is 34.5 Å². The molecule has 0 amide bonds. The molecular formula is C25H35FN8OS. The predicted molar refractivity (Wildman–Crippen MR) is 141 cm³/mol. The van der Waals surface area contributed by atoms with Gasteiger partial charge in [-0.2, -0.15) is 10.4 Å². The van der Waals surface area contributed by atoms with Crippen LogP contribution in [0.15, 0.2) is 31.0 Å². The highest BCUT2D eigenvalue weighted by molar-refractivity contribution is 8.32. The predicted octanol–water partition coefficient (Wildman–Crippen LogP) is 2.59. The number of nitrogens with one attached hydrogen (secondary N) is 1.